The number of methoxy groups -OCH3 is 1. The summed E-state index contributed by atoms with van der Waals surface area (Å²) in [4.78, 5) is 11.5. The number of aliphatic hydroxyl groups excluding tert-OH is 1. The van der Waals surface area contributed by atoms with Gasteiger partial charge >= 0.3 is 0 Å². The Balaban J connectivity index is 2.50. The van der Waals surface area contributed by atoms with Gasteiger partial charge in [0.05, 0.1) is 18.3 Å². The molecular formula is C11H14FNO3. The third-order valence-corrected chi connectivity index (χ3v) is 1.98. The number of halogens is 1. The van der Waals surface area contributed by atoms with Crippen LogP contribution in [0.1, 0.15) is 10.4 Å². The van der Waals surface area contributed by atoms with Crippen molar-refractivity contribution in [1.82, 2.24) is 5.32 Å². The van der Waals surface area contributed by atoms with E-state index in [1.807, 2.05) is 0 Å². The lowest BCUT2D eigenvalue weighted by molar-refractivity contribution is 0.0609. The number of hydrogen-bond donors (Lipinski definition) is 2. The molecule has 1 aromatic carbocycles. The minimum atomic E-state index is -0.791. The van der Waals surface area contributed by atoms with E-state index in [0.29, 0.717) is 0 Å². The Morgan fingerprint density at radius 3 is 2.88 bits per heavy atom. The third-order valence-electron chi connectivity index (χ3n) is 1.98. The largest absolute Gasteiger partial charge is 0.389 e. The van der Waals surface area contributed by atoms with Gasteiger partial charge in [-0.1, -0.05) is 12.1 Å². The van der Waals surface area contributed by atoms with E-state index in [1.165, 1.54) is 25.3 Å². The van der Waals surface area contributed by atoms with E-state index in [2.05, 4.69) is 10.1 Å². The Bertz CT molecular complexity index is 357. The standard InChI is InChI=1S/C11H14FNO3/c1-16-7-8(14)6-13-11(15)9-4-2-3-5-10(9)12/h2-5,8,14H,6-7H2,1H3,(H,13,15). The van der Waals surface area contributed by atoms with Crippen molar-refractivity contribution in [2.45, 2.75) is 6.10 Å². The molecule has 1 atom stereocenters. The molecule has 0 saturated heterocycles. The molecule has 4 nitrogen and oxygen atoms in total. The van der Waals surface area contributed by atoms with Crippen molar-refractivity contribution < 1.29 is 19.0 Å². The molecule has 0 aliphatic heterocycles. The topological polar surface area (TPSA) is 58.6 Å². The van der Waals surface area contributed by atoms with Crippen LogP contribution in [0, 0.1) is 5.82 Å². The lowest BCUT2D eigenvalue weighted by Crippen LogP contribution is -2.34. The van der Waals surface area contributed by atoms with Gasteiger partial charge in [-0.25, -0.2) is 4.39 Å². The van der Waals surface area contributed by atoms with Crippen molar-refractivity contribution in [3.05, 3.63) is 35.6 Å². The van der Waals surface area contributed by atoms with Crippen LogP contribution in [0.3, 0.4) is 0 Å². The molecule has 88 valence electrons. The summed E-state index contributed by atoms with van der Waals surface area (Å²) in [6, 6.07) is 5.67. The molecule has 0 aliphatic carbocycles. The average molecular weight is 227 g/mol. The molecule has 5 heteroatoms. The predicted octanol–water partition coefficient (Wildman–Crippen LogP) is 0.563. The second kappa shape index (κ2) is 6.19. The Hall–Kier alpha value is -1.46. The molecule has 0 spiro atoms. The van der Waals surface area contributed by atoms with Crippen LogP contribution in [0.5, 0.6) is 0 Å². The number of rotatable bonds is 5. The first-order chi connectivity index (χ1) is 7.65. The van der Waals surface area contributed by atoms with Crippen LogP contribution in [0.2, 0.25) is 0 Å². The second-order valence-corrected chi connectivity index (χ2v) is 3.30. The van der Waals surface area contributed by atoms with Gasteiger partial charge in [-0.2, -0.15) is 0 Å². The monoisotopic (exact) mass is 227 g/mol. The van der Waals surface area contributed by atoms with Gasteiger partial charge in [-0.15, -0.1) is 0 Å². The first-order valence-corrected chi connectivity index (χ1v) is 4.85. The smallest absolute Gasteiger partial charge is 0.254 e. The van der Waals surface area contributed by atoms with Crippen molar-refractivity contribution in [2.24, 2.45) is 0 Å². The second-order valence-electron chi connectivity index (χ2n) is 3.30. The van der Waals surface area contributed by atoms with E-state index in [0.717, 1.165) is 0 Å². The van der Waals surface area contributed by atoms with Crippen LogP contribution in [0.4, 0.5) is 4.39 Å². The summed E-state index contributed by atoms with van der Waals surface area (Å²) in [6.07, 6.45) is -0.791. The summed E-state index contributed by atoms with van der Waals surface area (Å²) in [6.45, 7) is 0.151. The van der Waals surface area contributed by atoms with Crippen LogP contribution >= 0.6 is 0 Å². The number of carbonyl (C=O) groups excluding carboxylic acids is 1. The molecule has 0 aliphatic rings. The highest BCUT2D eigenvalue weighted by molar-refractivity contribution is 5.94. The fraction of sp³-hybridized carbons (Fsp3) is 0.364. The maximum absolute atomic E-state index is 13.2. The Labute approximate surface area is 93.0 Å². The molecular weight excluding hydrogens is 213 g/mol. The molecule has 1 amide bonds. The maximum atomic E-state index is 13.2. The van der Waals surface area contributed by atoms with Crippen molar-refractivity contribution in [1.29, 1.82) is 0 Å². The molecule has 1 rings (SSSR count). The maximum Gasteiger partial charge on any atom is 0.254 e. The van der Waals surface area contributed by atoms with Crippen LogP contribution in [0.25, 0.3) is 0 Å². The highest BCUT2D eigenvalue weighted by Gasteiger charge is 2.11. The fourth-order valence-corrected chi connectivity index (χ4v) is 1.20. The van der Waals surface area contributed by atoms with E-state index < -0.39 is 17.8 Å². The Morgan fingerprint density at radius 1 is 1.56 bits per heavy atom. The van der Waals surface area contributed by atoms with E-state index in [4.69, 9.17) is 0 Å². The highest BCUT2D eigenvalue weighted by Crippen LogP contribution is 2.05. The van der Waals surface area contributed by atoms with Crippen LogP contribution in [0.15, 0.2) is 24.3 Å². The first kappa shape index (κ1) is 12.6. The molecule has 1 aromatic rings. The SMILES string of the molecule is COCC(O)CNC(=O)c1ccccc1F. The Kier molecular flexibility index (Phi) is 4.88. The van der Waals surface area contributed by atoms with Crippen LogP contribution in [-0.4, -0.2) is 37.4 Å². The number of hydrogen-bond acceptors (Lipinski definition) is 3. The molecule has 1 unspecified atom stereocenters. The van der Waals surface area contributed by atoms with Gasteiger partial charge in [0, 0.05) is 13.7 Å². The number of ether oxygens (including phenoxy) is 1. The number of aliphatic hydroxyl groups is 1. The van der Waals surface area contributed by atoms with Gasteiger partial charge in [0.2, 0.25) is 0 Å². The average Bonchev–Trinajstić information content (AvgIpc) is 2.27. The molecule has 0 radical (unpaired) electrons. The van der Waals surface area contributed by atoms with E-state index in [-0.39, 0.29) is 18.7 Å². The summed E-state index contributed by atoms with van der Waals surface area (Å²) < 4.78 is 17.9. The van der Waals surface area contributed by atoms with E-state index in [1.54, 1.807) is 6.07 Å². The summed E-state index contributed by atoms with van der Waals surface area (Å²) in [7, 11) is 1.45. The molecule has 16 heavy (non-hydrogen) atoms. The minimum Gasteiger partial charge on any atom is -0.389 e. The fourth-order valence-electron chi connectivity index (χ4n) is 1.20. The zero-order chi connectivity index (χ0) is 12.0. The van der Waals surface area contributed by atoms with Crippen molar-refractivity contribution >= 4 is 5.91 Å². The number of amides is 1. The van der Waals surface area contributed by atoms with Crippen LogP contribution < -0.4 is 5.32 Å². The molecule has 0 saturated carbocycles. The van der Waals surface area contributed by atoms with Crippen LogP contribution in [-0.2, 0) is 4.74 Å². The zero-order valence-electron chi connectivity index (χ0n) is 8.94. The molecule has 0 bridgehead atoms. The molecule has 2 N–H and O–H groups in total. The summed E-state index contributed by atoms with van der Waals surface area (Å²) >= 11 is 0. The molecule has 0 aromatic heterocycles. The number of carbonyl (C=O) groups is 1. The minimum absolute atomic E-state index is 0.0288. The Morgan fingerprint density at radius 2 is 2.25 bits per heavy atom. The van der Waals surface area contributed by atoms with Crippen molar-refractivity contribution in [3.63, 3.8) is 0 Å². The first-order valence-electron chi connectivity index (χ1n) is 4.85. The molecule has 0 fully saturated rings. The number of nitrogens with one attached hydrogen (secondary N) is 1. The lowest BCUT2D eigenvalue weighted by atomic mass is 10.2. The third kappa shape index (κ3) is 3.60. The normalized spacial score (nSPS) is 12.2. The van der Waals surface area contributed by atoms with Gasteiger partial charge in [-0.05, 0) is 12.1 Å². The summed E-state index contributed by atoms with van der Waals surface area (Å²) in [5.74, 6) is -1.13. The number of benzene rings is 1. The van der Waals surface area contributed by atoms with E-state index in [9.17, 15) is 14.3 Å². The van der Waals surface area contributed by atoms with Gasteiger partial charge in [-0.3, -0.25) is 4.79 Å². The van der Waals surface area contributed by atoms with Gasteiger partial charge in [0.1, 0.15) is 5.82 Å². The summed E-state index contributed by atoms with van der Waals surface area (Å²) in [5, 5.41) is 11.7. The van der Waals surface area contributed by atoms with Crippen molar-refractivity contribution in [3.8, 4) is 0 Å². The molecule has 0 heterocycles. The highest BCUT2D eigenvalue weighted by atomic mass is 19.1. The van der Waals surface area contributed by atoms with Crippen molar-refractivity contribution in [2.75, 3.05) is 20.3 Å². The summed E-state index contributed by atoms with van der Waals surface area (Å²) in [5.41, 5.74) is -0.0351. The quantitative estimate of drug-likeness (QED) is 0.772. The van der Waals surface area contributed by atoms with Gasteiger partial charge in [0.15, 0.2) is 0 Å². The van der Waals surface area contributed by atoms with Gasteiger partial charge in [0.25, 0.3) is 5.91 Å². The van der Waals surface area contributed by atoms with E-state index >= 15 is 0 Å². The lowest BCUT2D eigenvalue weighted by Gasteiger charge is -2.10. The van der Waals surface area contributed by atoms with Gasteiger partial charge < -0.3 is 15.2 Å². The predicted molar refractivity (Wildman–Crippen MR) is 56.6 cm³/mol. The zero-order valence-corrected chi connectivity index (χ0v) is 8.94.